The van der Waals surface area contributed by atoms with Gasteiger partial charge in [-0.3, -0.25) is 9.78 Å². The van der Waals surface area contributed by atoms with Gasteiger partial charge in [0, 0.05) is 37.9 Å². The Morgan fingerprint density at radius 2 is 2.15 bits per heavy atom. The lowest BCUT2D eigenvalue weighted by molar-refractivity contribution is -0.130. The number of aliphatic hydroxyl groups excluding tert-OH is 1. The normalized spacial score (nSPS) is 21.2. The summed E-state index contributed by atoms with van der Waals surface area (Å²) in [5.74, 6) is -0.0757. The number of allylic oxidation sites excluding steroid dienone is 1. The van der Waals surface area contributed by atoms with Gasteiger partial charge in [-0.25, -0.2) is 8.42 Å². The molecule has 0 saturated heterocycles. The summed E-state index contributed by atoms with van der Waals surface area (Å²) in [7, 11) is -2.17. The lowest BCUT2D eigenvalue weighted by atomic mass is 10.0. The zero-order valence-corrected chi connectivity index (χ0v) is 20.9. The molecule has 1 N–H and O–H groups in total. The lowest BCUT2D eigenvalue weighted by Gasteiger charge is -2.37. The molecule has 34 heavy (non-hydrogen) atoms. The number of hydrogen-bond acceptors (Lipinski definition) is 6. The van der Waals surface area contributed by atoms with Gasteiger partial charge in [-0.05, 0) is 43.2 Å². The van der Waals surface area contributed by atoms with E-state index < -0.39 is 22.2 Å². The molecule has 1 aromatic carbocycles. The summed E-state index contributed by atoms with van der Waals surface area (Å²) in [5, 5.41) is 9.75. The fourth-order valence-electron chi connectivity index (χ4n) is 3.94. The van der Waals surface area contributed by atoms with E-state index in [1.807, 2.05) is 32.1 Å². The Morgan fingerprint density at radius 1 is 1.38 bits per heavy atom. The summed E-state index contributed by atoms with van der Waals surface area (Å²) in [4.78, 5) is 18.6. The number of amides is 1. The summed E-state index contributed by atoms with van der Waals surface area (Å²) in [6, 6.07) is 8.02. The average Bonchev–Trinajstić information content (AvgIpc) is 2.81. The van der Waals surface area contributed by atoms with E-state index in [9.17, 15) is 18.3 Å². The van der Waals surface area contributed by atoms with Crippen molar-refractivity contribution < 1.29 is 23.1 Å². The van der Waals surface area contributed by atoms with Crippen LogP contribution in [0.5, 0.6) is 5.75 Å². The summed E-state index contributed by atoms with van der Waals surface area (Å²) >= 11 is 0. The Bertz CT molecular complexity index is 1120. The van der Waals surface area contributed by atoms with E-state index in [0.29, 0.717) is 0 Å². The lowest BCUT2D eigenvalue weighted by Crippen LogP contribution is -2.50. The van der Waals surface area contributed by atoms with Crippen LogP contribution in [0.1, 0.15) is 31.9 Å². The Kier molecular flexibility index (Phi) is 8.46. The van der Waals surface area contributed by atoms with Crippen molar-refractivity contribution in [2.75, 3.05) is 26.7 Å². The maximum atomic E-state index is 13.5. The smallest absolute Gasteiger partial charge is 0.247 e. The maximum Gasteiger partial charge on any atom is 0.247 e. The summed E-state index contributed by atoms with van der Waals surface area (Å²) < 4.78 is 34.6. The number of pyridine rings is 1. The summed E-state index contributed by atoms with van der Waals surface area (Å²) in [6.07, 6.45) is 6.82. The van der Waals surface area contributed by atoms with Crippen LogP contribution in [0.15, 0.2) is 53.7 Å². The van der Waals surface area contributed by atoms with Crippen LogP contribution in [0.25, 0.3) is 6.08 Å². The van der Waals surface area contributed by atoms with E-state index in [2.05, 4.69) is 4.98 Å². The number of sulfonamides is 1. The number of aliphatic hydroxyl groups is 1. The topological polar surface area (TPSA) is 100 Å². The molecule has 0 aliphatic carbocycles. The molecule has 3 atom stereocenters. The van der Waals surface area contributed by atoms with E-state index in [1.165, 1.54) is 4.31 Å². The number of likely N-dealkylation sites (N-methyl/N-ethyl adjacent to an activating group) is 1. The largest absolute Gasteiger partial charge is 0.487 e. The number of ether oxygens (including phenoxy) is 1. The molecular formula is C25H33N3O5S. The molecule has 0 bridgehead atoms. The van der Waals surface area contributed by atoms with Gasteiger partial charge >= 0.3 is 0 Å². The van der Waals surface area contributed by atoms with Gasteiger partial charge in [-0.2, -0.15) is 4.31 Å². The summed E-state index contributed by atoms with van der Waals surface area (Å²) in [6.45, 7) is 5.61. The second kappa shape index (κ2) is 11.1. The molecule has 0 spiro atoms. The second-order valence-corrected chi connectivity index (χ2v) is 10.6. The molecule has 8 nitrogen and oxygen atoms in total. The van der Waals surface area contributed by atoms with Gasteiger partial charge in [-0.15, -0.1) is 0 Å². The minimum Gasteiger partial charge on any atom is -0.487 e. The molecule has 1 aliphatic rings. The van der Waals surface area contributed by atoms with Crippen molar-refractivity contribution in [3.8, 4) is 5.75 Å². The van der Waals surface area contributed by atoms with Crippen LogP contribution < -0.4 is 4.74 Å². The average molecular weight is 488 g/mol. The van der Waals surface area contributed by atoms with Crippen LogP contribution in [0.4, 0.5) is 0 Å². The molecule has 1 aromatic heterocycles. The third kappa shape index (κ3) is 5.84. The number of benzene rings is 1. The van der Waals surface area contributed by atoms with Gasteiger partial charge in [0.2, 0.25) is 15.9 Å². The predicted molar refractivity (Wildman–Crippen MR) is 131 cm³/mol. The monoisotopic (exact) mass is 487 g/mol. The molecule has 1 amide bonds. The number of aromatic nitrogens is 1. The molecule has 2 aromatic rings. The Labute approximate surface area is 201 Å². The van der Waals surface area contributed by atoms with Crippen molar-refractivity contribution in [1.82, 2.24) is 14.2 Å². The van der Waals surface area contributed by atoms with Crippen LogP contribution in [0, 0.1) is 5.92 Å². The number of hydrogen-bond donors (Lipinski definition) is 1. The highest BCUT2D eigenvalue weighted by molar-refractivity contribution is 7.89. The first-order chi connectivity index (χ1) is 16.2. The van der Waals surface area contributed by atoms with Gasteiger partial charge in [0.25, 0.3) is 0 Å². The SMILES string of the molecule is C/C=C/c1ccc2c(c1)O[C@H](CN(C)C(=O)Cc1cccnc1)[C@@H](C)CN([C@@H](C)CO)S2(=O)=O. The first kappa shape index (κ1) is 25.9. The van der Waals surface area contributed by atoms with Crippen LogP contribution in [0.2, 0.25) is 0 Å². The van der Waals surface area contributed by atoms with Gasteiger partial charge in [0.05, 0.1) is 19.6 Å². The third-order valence-corrected chi connectivity index (χ3v) is 8.03. The van der Waals surface area contributed by atoms with E-state index in [0.717, 1.165) is 11.1 Å². The van der Waals surface area contributed by atoms with Crippen LogP contribution in [-0.2, 0) is 21.2 Å². The maximum absolute atomic E-state index is 13.5. The van der Waals surface area contributed by atoms with E-state index >= 15 is 0 Å². The zero-order chi connectivity index (χ0) is 24.9. The molecule has 0 unspecified atom stereocenters. The van der Waals surface area contributed by atoms with E-state index in [-0.39, 0.29) is 48.6 Å². The van der Waals surface area contributed by atoms with Crippen molar-refractivity contribution in [2.24, 2.45) is 5.92 Å². The standard InChI is InChI=1S/C25H33N3O5S/c1-5-7-20-9-10-24-22(12-20)33-23(18(2)15-28(19(3)17-29)34(24,31)32)16-27(4)25(30)13-21-8-6-11-26-14-21/h5-12,14,18-19,23,29H,13,15-17H2,1-4H3/b7-5+/t18-,19-,23+/m0/s1. The Balaban J connectivity index is 1.94. The molecule has 1 aliphatic heterocycles. The van der Waals surface area contributed by atoms with Crippen LogP contribution in [-0.4, -0.2) is 72.5 Å². The molecule has 3 rings (SSSR count). The first-order valence-electron chi connectivity index (χ1n) is 11.4. The van der Waals surface area contributed by atoms with E-state index in [4.69, 9.17) is 4.74 Å². The van der Waals surface area contributed by atoms with Gasteiger partial charge < -0.3 is 14.7 Å². The number of carbonyl (C=O) groups excluding carboxylic acids is 1. The van der Waals surface area contributed by atoms with Crippen molar-refractivity contribution in [3.63, 3.8) is 0 Å². The number of rotatable bonds is 7. The van der Waals surface area contributed by atoms with Gasteiger partial charge in [-0.1, -0.05) is 31.2 Å². The van der Waals surface area contributed by atoms with Crippen molar-refractivity contribution in [3.05, 3.63) is 59.9 Å². The Hall–Kier alpha value is -2.75. The molecule has 0 fully saturated rings. The molecule has 9 heteroatoms. The van der Waals surface area contributed by atoms with Gasteiger partial charge in [0.15, 0.2) is 0 Å². The summed E-state index contributed by atoms with van der Waals surface area (Å²) in [5.41, 5.74) is 1.63. The van der Waals surface area contributed by atoms with E-state index in [1.54, 1.807) is 55.5 Å². The first-order valence-corrected chi connectivity index (χ1v) is 12.8. The molecule has 0 radical (unpaired) electrons. The fourth-order valence-corrected chi connectivity index (χ4v) is 5.77. The van der Waals surface area contributed by atoms with Crippen molar-refractivity contribution in [1.29, 1.82) is 0 Å². The highest BCUT2D eigenvalue weighted by atomic mass is 32.2. The molecular weight excluding hydrogens is 454 g/mol. The fraction of sp³-hybridized carbons (Fsp3) is 0.440. The van der Waals surface area contributed by atoms with Crippen molar-refractivity contribution >= 4 is 22.0 Å². The highest BCUT2D eigenvalue weighted by Crippen LogP contribution is 2.34. The minimum atomic E-state index is -3.89. The third-order valence-electron chi connectivity index (χ3n) is 6.01. The van der Waals surface area contributed by atoms with Gasteiger partial charge in [0.1, 0.15) is 16.7 Å². The number of nitrogens with zero attached hydrogens (tertiary/aromatic N) is 3. The number of fused-ring (bicyclic) bond motifs is 1. The predicted octanol–water partition coefficient (Wildman–Crippen LogP) is 2.58. The highest BCUT2D eigenvalue weighted by Gasteiger charge is 2.38. The van der Waals surface area contributed by atoms with Crippen LogP contribution >= 0.6 is 0 Å². The second-order valence-electron chi connectivity index (χ2n) is 8.76. The van der Waals surface area contributed by atoms with Crippen molar-refractivity contribution in [2.45, 2.75) is 44.2 Å². The zero-order valence-electron chi connectivity index (χ0n) is 20.1. The molecule has 2 heterocycles. The molecule has 184 valence electrons. The Morgan fingerprint density at radius 3 is 2.79 bits per heavy atom. The number of carbonyl (C=O) groups is 1. The molecule has 0 saturated carbocycles. The quantitative estimate of drug-likeness (QED) is 0.644. The van der Waals surface area contributed by atoms with Crippen LogP contribution in [0.3, 0.4) is 0 Å². The minimum absolute atomic E-state index is 0.0577.